The Morgan fingerprint density at radius 2 is 1.71 bits per heavy atom. The van der Waals surface area contributed by atoms with Crippen LogP contribution in [-0.2, 0) is 0 Å². The normalized spacial score (nSPS) is 11.1. The van der Waals surface area contributed by atoms with Gasteiger partial charge in [0.05, 0.1) is 10.0 Å². The zero-order valence-corrected chi connectivity index (χ0v) is 9.67. The van der Waals surface area contributed by atoms with Gasteiger partial charge < -0.3 is 5.11 Å². The van der Waals surface area contributed by atoms with Crippen molar-refractivity contribution in [3.8, 4) is 5.75 Å². The maximum Gasteiger partial charge on any atom is 0.146 e. The monoisotopic (exact) mass is 236 g/mol. The summed E-state index contributed by atoms with van der Waals surface area (Å²) in [5, 5.41) is 9.67. The van der Waals surface area contributed by atoms with E-state index in [9.17, 15) is 9.50 Å². The van der Waals surface area contributed by atoms with E-state index in [2.05, 4.69) is 0 Å². The molecular formula is C10H11Cl2FO. The zero-order valence-electron chi connectivity index (χ0n) is 8.16. The largest absolute Gasteiger partial charge is 0.506 e. The van der Waals surface area contributed by atoms with Crippen molar-refractivity contribution in [2.75, 3.05) is 0 Å². The van der Waals surface area contributed by atoms with Crippen molar-refractivity contribution in [2.45, 2.75) is 26.7 Å². The first-order chi connectivity index (χ1) is 6.37. The summed E-state index contributed by atoms with van der Waals surface area (Å²) < 4.78 is 13.5. The van der Waals surface area contributed by atoms with Crippen LogP contribution in [-0.4, -0.2) is 5.11 Å². The van der Waals surface area contributed by atoms with E-state index in [0.29, 0.717) is 5.56 Å². The van der Waals surface area contributed by atoms with Crippen LogP contribution in [0.1, 0.15) is 30.9 Å². The minimum absolute atomic E-state index is 0.0376. The molecule has 0 radical (unpaired) electrons. The first-order valence-electron chi connectivity index (χ1n) is 4.23. The highest BCUT2D eigenvalue weighted by molar-refractivity contribution is 6.35. The highest BCUT2D eigenvalue weighted by atomic mass is 35.5. The van der Waals surface area contributed by atoms with Gasteiger partial charge in [0.15, 0.2) is 0 Å². The summed E-state index contributed by atoms with van der Waals surface area (Å²) in [6, 6.07) is 0. The molecule has 0 spiro atoms. The second-order valence-electron chi connectivity index (χ2n) is 3.48. The van der Waals surface area contributed by atoms with Crippen molar-refractivity contribution in [2.24, 2.45) is 0 Å². The van der Waals surface area contributed by atoms with Crippen LogP contribution in [0.2, 0.25) is 10.0 Å². The van der Waals surface area contributed by atoms with Crippen molar-refractivity contribution in [3.05, 3.63) is 27.0 Å². The summed E-state index contributed by atoms with van der Waals surface area (Å²) in [5.41, 5.74) is 0.540. The Labute approximate surface area is 92.5 Å². The minimum atomic E-state index is -0.557. The number of halogens is 3. The van der Waals surface area contributed by atoms with E-state index in [1.807, 2.05) is 13.8 Å². The Bertz CT molecular complexity index is 346. The smallest absolute Gasteiger partial charge is 0.146 e. The van der Waals surface area contributed by atoms with Crippen molar-refractivity contribution >= 4 is 23.2 Å². The van der Waals surface area contributed by atoms with Gasteiger partial charge in [0, 0.05) is 11.1 Å². The van der Waals surface area contributed by atoms with Crippen molar-refractivity contribution in [1.82, 2.24) is 0 Å². The topological polar surface area (TPSA) is 20.2 Å². The maximum absolute atomic E-state index is 13.5. The van der Waals surface area contributed by atoms with Gasteiger partial charge in [0.1, 0.15) is 11.6 Å². The third-order valence-corrected chi connectivity index (χ3v) is 2.96. The van der Waals surface area contributed by atoms with Gasteiger partial charge in [-0.3, -0.25) is 0 Å². The van der Waals surface area contributed by atoms with E-state index in [-0.39, 0.29) is 27.3 Å². The molecule has 0 aliphatic rings. The van der Waals surface area contributed by atoms with Gasteiger partial charge >= 0.3 is 0 Å². The van der Waals surface area contributed by atoms with Gasteiger partial charge in [-0.15, -0.1) is 0 Å². The van der Waals surface area contributed by atoms with E-state index in [4.69, 9.17) is 23.2 Å². The third kappa shape index (κ3) is 1.69. The predicted octanol–water partition coefficient (Wildman–Crippen LogP) is 4.27. The van der Waals surface area contributed by atoms with Crippen molar-refractivity contribution in [1.29, 1.82) is 0 Å². The molecule has 0 atom stereocenters. The summed E-state index contributed by atoms with van der Waals surface area (Å²) in [6.45, 7) is 5.10. The highest BCUT2D eigenvalue weighted by Crippen LogP contribution is 2.41. The number of hydrogen-bond acceptors (Lipinski definition) is 1. The molecular weight excluding hydrogens is 226 g/mol. The maximum atomic E-state index is 13.5. The Kier molecular flexibility index (Phi) is 3.28. The highest BCUT2D eigenvalue weighted by Gasteiger charge is 2.21. The Morgan fingerprint density at radius 1 is 1.21 bits per heavy atom. The fourth-order valence-electron chi connectivity index (χ4n) is 1.31. The average molecular weight is 237 g/mol. The molecule has 0 saturated heterocycles. The van der Waals surface area contributed by atoms with Crippen LogP contribution in [0.25, 0.3) is 0 Å². The van der Waals surface area contributed by atoms with Crippen LogP contribution in [0.15, 0.2) is 0 Å². The first kappa shape index (κ1) is 11.6. The number of rotatable bonds is 1. The molecule has 1 rings (SSSR count). The molecule has 0 saturated carbocycles. The molecule has 1 aromatic carbocycles. The SMILES string of the molecule is Cc1c(F)c(Cl)c(C(C)C)c(O)c1Cl. The number of hydrogen-bond donors (Lipinski definition) is 1. The summed E-state index contributed by atoms with van der Waals surface area (Å²) in [4.78, 5) is 0. The third-order valence-electron chi connectivity index (χ3n) is 2.13. The molecule has 0 aliphatic carbocycles. The second-order valence-corrected chi connectivity index (χ2v) is 4.24. The van der Waals surface area contributed by atoms with Gasteiger partial charge in [0.25, 0.3) is 0 Å². The van der Waals surface area contributed by atoms with Crippen LogP contribution in [0.5, 0.6) is 5.75 Å². The molecule has 78 valence electrons. The van der Waals surface area contributed by atoms with Crippen LogP contribution in [0, 0.1) is 12.7 Å². The summed E-state index contributed by atoms with van der Waals surface area (Å²) in [6.07, 6.45) is 0. The number of phenols is 1. The molecule has 1 aromatic rings. The molecule has 1 N–H and O–H groups in total. The van der Waals surface area contributed by atoms with E-state index < -0.39 is 5.82 Å². The summed E-state index contributed by atoms with van der Waals surface area (Å²) in [5.74, 6) is -0.751. The van der Waals surface area contributed by atoms with Gasteiger partial charge in [0.2, 0.25) is 0 Å². The zero-order chi connectivity index (χ0) is 11.0. The number of benzene rings is 1. The predicted molar refractivity (Wildman–Crippen MR) is 56.9 cm³/mol. The fraction of sp³-hybridized carbons (Fsp3) is 0.400. The molecule has 0 unspecified atom stereocenters. The molecule has 0 amide bonds. The molecule has 4 heteroatoms. The van der Waals surface area contributed by atoms with Gasteiger partial charge in [-0.2, -0.15) is 0 Å². The van der Waals surface area contributed by atoms with E-state index in [1.165, 1.54) is 6.92 Å². The average Bonchev–Trinajstić information content (AvgIpc) is 2.11. The van der Waals surface area contributed by atoms with Crippen LogP contribution in [0.4, 0.5) is 4.39 Å². The molecule has 14 heavy (non-hydrogen) atoms. The molecule has 0 bridgehead atoms. The molecule has 0 aromatic heterocycles. The van der Waals surface area contributed by atoms with Gasteiger partial charge in [-0.25, -0.2) is 4.39 Å². The minimum Gasteiger partial charge on any atom is -0.506 e. The fourth-order valence-corrected chi connectivity index (χ4v) is 1.94. The first-order valence-corrected chi connectivity index (χ1v) is 4.99. The van der Waals surface area contributed by atoms with Crippen molar-refractivity contribution in [3.63, 3.8) is 0 Å². The van der Waals surface area contributed by atoms with Gasteiger partial charge in [-0.05, 0) is 12.8 Å². The molecule has 0 aliphatic heterocycles. The van der Waals surface area contributed by atoms with E-state index in [1.54, 1.807) is 0 Å². The Morgan fingerprint density at radius 3 is 2.14 bits per heavy atom. The summed E-state index contributed by atoms with van der Waals surface area (Å²) >= 11 is 11.5. The second kappa shape index (κ2) is 3.95. The number of aromatic hydroxyl groups is 1. The van der Waals surface area contributed by atoms with Crippen LogP contribution < -0.4 is 0 Å². The lowest BCUT2D eigenvalue weighted by atomic mass is 10.00. The van der Waals surface area contributed by atoms with Gasteiger partial charge in [-0.1, -0.05) is 37.0 Å². The quantitative estimate of drug-likeness (QED) is 0.723. The Balaban J connectivity index is 3.60. The molecule has 1 nitrogen and oxygen atoms in total. The molecule has 0 heterocycles. The van der Waals surface area contributed by atoms with Crippen LogP contribution >= 0.6 is 23.2 Å². The molecule has 0 fully saturated rings. The Hall–Kier alpha value is -0.470. The van der Waals surface area contributed by atoms with Crippen LogP contribution in [0.3, 0.4) is 0 Å². The lowest BCUT2D eigenvalue weighted by molar-refractivity contribution is 0.461. The summed E-state index contributed by atoms with van der Waals surface area (Å²) in [7, 11) is 0. The number of phenolic OH excluding ortho intramolecular Hbond substituents is 1. The van der Waals surface area contributed by atoms with E-state index in [0.717, 1.165) is 0 Å². The van der Waals surface area contributed by atoms with Crippen molar-refractivity contribution < 1.29 is 9.50 Å². The lowest BCUT2D eigenvalue weighted by Crippen LogP contribution is -1.97. The lowest BCUT2D eigenvalue weighted by Gasteiger charge is -2.14. The van der Waals surface area contributed by atoms with E-state index >= 15 is 0 Å². The standard InChI is InChI=1S/C10H11Cl2FO/c1-4(2)6-8(12)9(13)5(3)7(11)10(6)14/h4,14H,1-3H3.